The molecular weight excluding hydrogens is 1490 g/mol. The van der Waals surface area contributed by atoms with E-state index in [9.17, 15) is 37.9 Å². The summed E-state index contributed by atoms with van der Waals surface area (Å²) in [5.74, 6) is 2.21. The Balaban J connectivity index is -0.000000229. The molecule has 1 fully saturated rings. The Morgan fingerprint density at radius 1 is 0.739 bits per heavy atom. The number of alkyl halides is 2. The van der Waals surface area contributed by atoms with Gasteiger partial charge < -0.3 is 41.8 Å². The normalized spacial score (nSPS) is 11.9. The topological polar surface area (TPSA) is 294 Å². The van der Waals surface area contributed by atoms with Crippen LogP contribution in [0.1, 0.15) is 145 Å². The van der Waals surface area contributed by atoms with Gasteiger partial charge in [-0.2, -0.15) is 0 Å². The number of nitrogens with zero attached hydrogens (tertiary/aromatic N) is 6. The Morgan fingerprint density at radius 2 is 1.20 bits per heavy atom. The summed E-state index contributed by atoms with van der Waals surface area (Å²) in [5.41, 5.74) is 20.2. The number of aldehydes is 1. The third-order valence-corrected chi connectivity index (χ3v) is 12.3. The minimum atomic E-state index is -1.00. The summed E-state index contributed by atoms with van der Waals surface area (Å²) in [6.07, 6.45) is 13.5. The van der Waals surface area contributed by atoms with Crippen LogP contribution in [0.5, 0.6) is 0 Å². The smallest absolute Gasteiger partial charge is 0.850 e. The zero-order chi connectivity index (χ0) is 64.3. The third kappa shape index (κ3) is 43.7. The molecule has 488 valence electrons. The third-order valence-electron chi connectivity index (χ3n) is 10.1. The van der Waals surface area contributed by atoms with Crippen molar-refractivity contribution in [3.63, 3.8) is 0 Å². The fraction of sp³-hybridized carbons (Fsp3) is 0.443. The van der Waals surface area contributed by atoms with Gasteiger partial charge in [0.05, 0.1) is 35.8 Å². The average Bonchev–Trinajstić information content (AvgIpc) is 0.892. The number of halogens is 7. The van der Waals surface area contributed by atoms with E-state index in [1.807, 2.05) is 36.4 Å². The molecule has 3 aliphatic rings. The molecule has 8 rings (SSSR count). The van der Waals surface area contributed by atoms with E-state index in [0.29, 0.717) is 87.6 Å². The van der Waals surface area contributed by atoms with Crippen molar-refractivity contribution in [1.29, 1.82) is 0 Å². The predicted octanol–water partition coefficient (Wildman–Crippen LogP) is 11.6. The number of esters is 2. The maximum absolute atomic E-state index is 11.9. The van der Waals surface area contributed by atoms with Gasteiger partial charge in [0.1, 0.15) is 52.1 Å². The second-order valence-electron chi connectivity index (χ2n) is 17.6. The molecule has 0 saturated carbocycles. The van der Waals surface area contributed by atoms with Crippen molar-refractivity contribution in [1.82, 2.24) is 24.9 Å². The van der Waals surface area contributed by atoms with E-state index in [0.717, 1.165) is 77.2 Å². The van der Waals surface area contributed by atoms with Gasteiger partial charge in [0.2, 0.25) is 11.8 Å². The molecule has 0 unspecified atom stereocenters. The first-order valence-corrected chi connectivity index (χ1v) is 29.5. The van der Waals surface area contributed by atoms with Gasteiger partial charge in [-0.15, -0.1) is 12.2 Å². The molecule has 27 heteroatoms. The Kier molecular flexibility index (Phi) is 57.3. The Morgan fingerprint density at radius 3 is 1.68 bits per heavy atom. The first-order chi connectivity index (χ1) is 40.3. The van der Waals surface area contributed by atoms with E-state index in [4.69, 9.17) is 34.2 Å². The van der Waals surface area contributed by atoms with Crippen LogP contribution in [0.3, 0.4) is 0 Å². The molecule has 0 radical (unpaired) electrons. The Labute approximate surface area is 608 Å². The first kappa shape index (κ1) is 90.4. The average molecular weight is 1590 g/mol. The van der Waals surface area contributed by atoms with Gasteiger partial charge in [0.25, 0.3) is 0 Å². The summed E-state index contributed by atoms with van der Waals surface area (Å²) in [7, 11) is -2.00. The maximum Gasteiger partial charge on any atom is 1.00 e. The molecule has 8 heterocycles. The van der Waals surface area contributed by atoms with E-state index in [-0.39, 0.29) is 111 Å². The summed E-state index contributed by atoms with van der Waals surface area (Å²) in [5, 5.41) is 12.8. The number of nitrogens with one attached hydrogen (secondary N) is 1. The number of anilines is 5. The van der Waals surface area contributed by atoms with Gasteiger partial charge in [-0.3, -0.25) is 32.9 Å². The number of fused-ring (bicyclic) bond motifs is 2. The minimum absolute atomic E-state index is 0. The number of nitrogen functional groups attached to an aromatic ring is 3. The molecule has 2 amide bonds. The van der Waals surface area contributed by atoms with E-state index >= 15 is 0 Å². The molecule has 5 aromatic heterocycles. The summed E-state index contributed by atoms with van der Waals surface area (Å²) in [4.78, 5) is 77.4. The fourth-order valence-electron chi connectivity index (χ4n) is 6.40. The van der Waals surface area contributed by atoms with Crippen LogP contribution in [0.15, 0.2) is 102 Å². The second-order valence-corrected chi connectivity index (χ2v) is 21.7. The molecule has 0 aliphatic carbocycles. The number of aromatic nitrogens is 5. The number of hydrogen-bond donors (Lipinski definition) is 4. The van der Waals surface area contributed by atoms with Crippen LogP contribution in [0.4, 0.5) is 37.9 Å². The summed E-state index contributed by atoms with van der Waals surface area (Å²) in [6, 6.07) is 18.3. The molecule has 0 bridgehead atoms. The SMILES string of the molecule is C.C.C.C.C1CCOC1.C=CCCCN1C(=O)CCc2ccc(Br)nc21.CC(C)(C)[O-].CCOC(=O)/C=C/c1ccc(Br)nc1N.CCOC(=O)CCc1ccc(Br)nc1N.Nc1nc(Br)ccc1C=O.O=C1CCc2ccc(Br)nc2N1.[2H]CF.[2H]CF.[K+]. The van der Waals surface area contributed by atoms with E-state index in [1.165, 1.54) is 18.9 Å². The minimum Gasteiger partial charge on any atom is -0.850 e. The number of aryl methyl sites for hydroxylation is 3. The summed E-state index contributed by atoms with van der Waals surface area (Å²) in [6.45, 7) is 15.6. The van der Waals surface area contributed by atoms with Gasteiger partial charge in [-0.25, -0.2) is 29.7 Å². The van der Waals surface area contributed by atoms with E-state index in [2.05, 4.69) is 116 Å². The van der Waals surface area contributed by atoms with Crippen LogP contribution in [0.2, 0.25) is 0 Å². The van der Waals surface area contributed by atoms with Crippen LogP contribution < -0.4 is 83.9 Å². The van der Waals surface area contributed by atoms with Gasteiger partial charge in [0, 0.05) is 50.7 Å². The fourth-order valence-corrected chi connectivity index (χ4v) is 7.98. The number of ether oxygens (including phenoxy) is 3. The van der Waals surface area contributed by atoms with E-state index in [1.54, 1.807) is 75.9 Å². The molecule has 1 saturated heterocycles. The summed E-state index contributed by atoms with van der Waals surface area (Å²) < 4.78 is 49.0. The number of allylic oxidation sites excluding steroid dienone is 1. The molecule has 0 atom stereocenters. The molecule has 5 aromatic rings. The molecule has 19 nitrogen and oxygen atoms in total. The number of amides is 2. The number of carbonyl (C=O) groups excluding carboxylic acids is 5. The van der Waals surface area contributed by atoms with Gasteiger partial charge in [-0.1, -0.05) is 74.8 Å². The molecular formula is C61H90Br5F2KN10O9. The molecule has 88 heavy (non-hydrogen) atoms. The van der Waals surface area contributed by atoms with Crippen LogP contribution in [0.25, 0.3) is 6.08 Å². The molecule has 3 aliphatic heterocycles. The predicted molar refractivity (Wildman–Crippen MR) is 367 cm³/mol. The van der Waals surface area contributed by atoms with Crippen molar-refractivity contribution in [2.45, 2.75) is 134 Å². The monoisotopic (exact) mass is 1580 g/mol. The van der Waals surface area contributed by atoms with Gasteiger partial charge >= 0.3 is 63.3 Å². The van der Waals surface area contributed by atoms with Crippen molar-refractivity contribution in [2.24, 2.45) is 0 Å². The first-order valence-electron chi connectivity index (χ1n) is 26.9. The zero-order valence-corrected chi connectivity index (χ0v) is 59.1. The number of rotatable bonds is 12. The quantitative estimate of drug-likeness (QED) is 0.0172. The van der Waals surface area contributed by atoms with Crippen molar-refractivity contribution in [3.8, 4) is 0 Å². The van der Waals surface area contributed by atoms with E-state index < -0.39 is 19.9 Å². The van der Waals surface area contributed by atoms with Crippen LogP contribution >= 0.6 is 79.6 Å². The van der Waals surface area contributed by atoms with Crippen LogP contribution in [-0.4, -0.2) is 108 Å². The Bertz CT molecular complexity index is 2860. The van der Waals surface area contributed by atoms with Crippen LogP contribution in [0, 0.1) is 0 Å². The number of hydrogen-bond acceptors (Lipinski definition) is 17. The number of pyridine rings is 5. The van der Waals surface area contributed by atoms with Crippen LogP contribution in [-0.2, 0) is 52.7 Å². The number of nitrogens with two attached hydrogens (primary N) is 3. The maximum atomic E-state index is 11.9. The Hall–Kier alpha value is -4.00. The zero-order valence-electron chi connectivity index (χ0n) is 50.0. The number of carbonyl (C=O) groups is 5. The molecule has 0 spiro atoms. The van der Waals surface area contributed by atoms with Crippen molar-refractivity contribution >= 4 is 145 Å². The largest absolute Gasteiger partial charge is 1.00 e. The van der Waals surface area contributed by atoms with Gasteiger partial charge in [-0.05, 0) is 204 Å². The van der Waals surface area contributed by atoms with Gasteiger partial charge in [0.15, 0.2) is 6.29 Å². The van der Waals surface area contributed by atoms with Crippen molar-refractivity contribution in [3.05, 3.63) is 130 Å². The van der Waals surface area contributed by atoms with Crippen molar-refractivity contribution < 1.29 is 106 Å². The summed E-state index contributed by atoms with van der Waals surface area (Å²) >= 11 is 16.1. The number of unbranched alkanes of at least 4 members (excludes halogenated alkanes) is 1. The second kappa shape index (κ2) is 55.8. The molecule has 7 N–H and O–H groups in total. The van der Waals surface area contributed by atoms with Crippen molar-refractivity contribution in [2.75, 3.05) is 74.7 Å². The molecule has 0 aromatic carbocycles. The standard InChI is InChI=1S/C13H15BrN2O.C10H13BrN2O2.C10H11BrN2O2.C8H7BrN2O.C6H5BrN2O.C4H8O.C4H9O.2CH3F.4CH4.K/c1-2-3-4-9-16-12(17)8-6-10-5-7-11(14)15-13(10)16;2*1-2-15-9(14)6-4-7-3-5-8(11)13-10(7)12;9-6-3-1-5-2-4-7(12)11-8(5)10-6;7-5-2-1-4(3-10)6(8)9-5;1-2-4-5-3-1;1-4(2,3)5;2*1-2;;;;;/h2,5,7H,1,3-4,6,8-9H2;3,5H,2,4,6H2,1H3,(H2,12,13);3-6H,2H2,1H3,(H2,12,13);1,3H,2,4H2,(H,10,11,12);1-3H,(H2,8,9);1-4H2;1-3H3;2*1H3;4*1H4;/q;;;;;;-1;;;;;;;+1/b;;6-4+;;;;;;;;;;;/i;;;;;;;2*1D;;;;;.